The largest absolute Gasteiger partial charge is 0.497 e. The van der Waals surface area contributed by atoms with Gasteiger partial charge in [-0.2, -0.15) is 5.10 Å². The molecule has 0 amide bonds. The van der Waals surface area contributed by atoms with E-state index in [0.717, 1.165) is 44.8 Å². The van der Waals surface area contributed by atoms with Gasteiger partial charge in [-0.05, 0) is 37.3 Å². The molecule has 0 saturated heterocycles. The van der Waals surface area contributed by atoms with Crippen molar-refractivity contribution in [3.05, 3.63) is 93.5 Å². The van der Waals surface area contributed by atoms with Crippen molar-refractivity contribution in [3.63, 3.8) is 0 Å². The summed E-state index contributed by atoms with van der Waals surface area (Å²) in [7, 11) is 1.69. The lowest BCUT2D eigenvalue weighted by Gasteiger charge is -2.38. The fourth-order valence-corrected chi connectivity index (χ4v) is 4.37. The van der Waals surface area contributed by atoms with E-state index in [1.165, 1.54) is 5.56 Å². The Labute approximate surface area is 178 Å². The van der Waals surface area contributed by atoms with Crippen molar-refractivity contribution in [2.24, 2.45) is 5.10 Å². The minimum atomic E-state index is -0.252. The van der Waals surface area contributed by atoms with Crippen LogP contribution in [0.3, 0.4) is 0 Å². The summed E-state index contributed by atoms with van der Waals surface area (Å²) in [5.41, 5.74) is 5.61. The topological polar surface area (TPSA) is 34.1 Å². The molecular weight excluding hydrogens is 428 g/mol. The number of ether oxygens (including phenoxy) is 2. The maximum Gasteiger partial charge on any atom is 0.213 e. The third-order valence-electron chi connectivity index (χ3n) is 5.52. The van der Waals surface area contributed by atoms with Gasteiger partial charge in [-0.3, -0.25) is 0 Å². The molecule has 0 N–H and O–H groups in total. The van der Waals surface area contributed by atoms with Gasteiger partial charge in [0.25, 0.3) is 0 Å². The van der Waals surface area contributed by atoms with Crippen LogP contribution in [0.15, 0.2) is 76.3 Å². The fraction of sp³-hybridized carbons (Fsp3) is 0.208. The lowest BCUT2D eigenvalue weighted by atomic mass is 9.96. The van der Waals surface area contributed by atoms with Crippen LogP contribution in [0.5, 0.6) is 11.5 Å². The van der Waals surface area contributed by atoms with Crippen molar-refractivity contribution in [2.75, 3.05) is 7.11 Å². The minimum absolute atomic E-state index is 0.128. The highest BCUT2D eigenvalue weighted by atomic mass is 79.9. The molecule has 0 fully saturated rings. The third kappa shape index (κ3) is 3.29. The zero-order valence-corrected chi connectivity index (χ0v) is 17.9. The number of aryl methyl sites for hydroxylation is 1. The first-order valence-corrected chi connectivity index (χ1v) is 10.4. The van der Waals surface area contributed by atoms with Crippen LogP contribution in [-0.2, 0) is 0 Å². The van der Waals surface area contributed by atoms with Crippen molar-refractivity contribution >= 4 is 21.6 Å². The number of hydrazone groups is 1. The van der Waals surface area contributed by atoms with Gasteiger partial charge in [-0.25, -0.2) is 5.01 Å². The number of hydrogen-bond donors (Lipinski definition) is 0. The summed E-state index contributed by atoms with van der Waals surface area (Å²) in [5.74, 6) is 1.76. The van der Waals surface area contributed by atoms with Crippen LogP contribution >= 0.6 is 15.9 Å². The van der Waals surface area contributed by atoms with E-state index in [9.17, 15) is 0 Å². The first-order chi connectivity index (χ1) is 14.1. The molecule has 3 aromatic carbocycles. The molecule has 2 unspecified atom stereocenters. The molecule has 2 heterocycles. The first-order valence-electron chi connectivity index (χ1n) is 9.65. The Morgan fingerprint density at radius 1 is 1.07 bits per heavy atom. The number of halogens is 1. The molecule has 0 spiro atoms. The highest BCUT2D eigenvalue weighted by Gasteiger charge is 2.41. The Kier molecular flexibility index (Phi) is 4.55. The second kappa shape index (κ2) is 7.23. The number of benzene rings is 3. The van der Waals surface area contributed by atoms with Gasteiger partial charge in [0.1, 0.15) is 11.5 Å². The number of rotatable bonds is 3. The van der Waals surface area contributed by atoms with Gasteiger partial charge in [0, 0.05) is 27.6 Å². The Hall–Kier alpha value is -2.79. The molecule has 0 saturated carbocycles. The Morgan fingerprint density at radius 3 is 2.69 bits per heavy atom. The number of nitrogens with zero attached hydrogens (tertiary/aromatic N) is 2. The molecule has 5 heteroatoms. The summed E-state index contributed by atoms with van der Waals surface area (Å²) >= 11 is 3.61. The van der Waals surface area contributed by atoms with Gasteiger partial charge >= 0.3 is 0 Å². The predicted octanol–water partition coefficient (Wildman–Crippen LogP) is 6.01. The summed E-state index contributed by atoms with van der Waals surface area (Å²) in [6, 6.07) is 22.9. The third-order valence-corrected chi connectivity index (χ3v) is 6.01. The molecule has 2 aliphatic rings. The summed E-state index contributed by atoms with van der Waals surface area (Å²) in [5, 5.41) is 7.12. The van der Waals surface area contributed by atoms with Crippen LogP contribution in [0, 0.1) is 6.92 Å². The molecule has 4 nitrogen and oxygen atoms in total. The van der Waals surface area contributed by atoms with Crippen LogP contribution in [0.1, 0.15) is 40.9 Å². The maximum absolute atomic E-state index is 6.43. The summed E-state index contributed by atoms with van der Waals surface area (Å²) in [4.78, 5) is 0. The maximum atomic E-state index is 6.43. The second-order valence-electron chi connectivity index (χ2n) is 7.44. The standard InChI is InChI=1S/C24H21BrN2O2/c1-15-6-8-16(9-7-15)24-27-22(20-13-18(25)10-11-23(20)29-24)14-21(26-27)17-4-3-5-19(12-17)28-2/h3-13,22,24H,14H2,1-2H3. The van der Waals surface area contributed by atoms with E-state index in [0.29, 0.717) is 0 Å². The molecule has 3 aromatic rings. The average Bonchev–Trinajstić information content (AvgIpc) is 3.20. The highest BCUT2D eigenvalue weighted by Crippen LogP contribution is 2.48. The molecule has 5 rings (SSSR count). The van der Waals surface area contributed by atoms with Crippen LogP contribution in [0.2, 0.25) is 0 Å². The SMILES string of the molecule is COc1cccc(C2=NN3C(C2)c2cc(Br)ccc2OC3c2ccc(C)cc2)c1. The fourth-order valence-electron chi connectivity index (χ4n) is 3.99. The Morgan fingerprint density at radius 2 is 1.90 bits per heavy atom. The number of methoxy groups -OCH3 is 1. The smallest absolute Gasteiger partial charge is 0.213 e. The average molecular weight is 449 g/mol. The van der Waals surface area contributed by atoms with E-state index < -0.39 is 0 Å². The molecule has 0 aliphatic carbocycles. The van der Waals surface area contributed by atoms with Gasteiger partial charge < -0.3 is 9.47 Å². The van der Waals surface area contributed by atoms with Crippen molar-refractivity contribution in [1.29, 1.82) is 0 Å². The van der Waals surface area contributed by atoms with E-state index in [-0.39, 0.29) is 12.3 Å². The van der Waals surface area contributed by atoms with E-state index in [1.54, 1.807) is 7.11 Å². The van der Waals surface area contributed by atoms with Crippen molar-refractivity contribution in [3.8, 4) is 11.5 Å². The molecule has 146 valence electrons. The predicted molar refractivity (Wildman–Crippen MR) is 117 cm³/mol. The van der Waals surface area contributed by atoms with Gasteiger partial charge in [0.15, 0.2) is 0 Å². The number of fused-ring (bicyclic) bond motifs is 3. The highest BCUT2D eigenvalue weighted by molar-refractivity contribution is 9.10. The molecule has 0 aromatic heterocycles. The van der Waals surface area contributed by atoms with Gasteiger partial charge in [0.2, 0.25) is 6.23 Å². The monoisotopic (exact) mass is 448 g/mol. The van der Waals surface area contributed by atoms with Gasteiger partial charge in [0.05, 0.1) is 18.9 Å². The second-order valence-corrected chi connectivity index (χ2v) is 8.36. The van der Waals surface area contributed by atoms with Gasteiger partial charge in [-0.1, -0.05) is 57.9 Å². The molecule has 2 aliphatic heterocycles. The lowest BCUT2D eigenvalue weighted by molar-refractivity contribution is -0.0190. The Balaban J connectivity index is 1.59. The molecule has 0 bridgehead atoms. The van der Waals surface area contributed by atoms with Crippen LogP contribution in [-0.4, -0.2) is 17.8 Å². The summed E-state index contributed by atoms with van der Waals surface area (Å²) in [6.45, 7) is 2.09. The molecular formula is C24H21BrN2O2. The zero-order valence-electron chi connectivity index (χ0n) is 16.3. The minimum Gasteiger partial charge on any atom is -0.497 e. The van der Waals surface area contributed by atoms with E-state index in [2.05, 4.69) is 64.3 Å². The summed E-state index contributed by atoms with van der Waals surface area (Å²) in [6.07, 6.45) is 0.569. The van der Waals surface area contributed by atoms with E-state index in [1.807, 2.05) is 30.3 Å². The van der Waals surface area contributed by atoms with Crippen LogP contribution < -0.4 is 9.47 Å². The number of hydrogen-bond acceptors (Lipinski definition) is 4. The van der Waals surface area contributed by atoms with Gasteiger partial charge in [-0.15, -0.1) is 0 Å². The van der Waals surface area contributed by atoms with Crippen LogP contribution in [0.25, 0.3) is 0 Å². The Bertz CT molecular complexity index is 1090. The molecule has 0 radical (unpaired) electrons. The molecule has 2 atom stereocenters. The van der Waals surface area contributed by atoms with Crippen LogP contribution in [0.4, 0.5) is 0 Å². The first kappa shape index (κ1) is 18.3. The van der Waals surface area contributed by atoms with Crippen molar-refractivity contribution in [1.82, 2.24) is 5.01 Å². The summed E-state index contributed by atoms with van der Waals surface area (Å²) < 4.78 is 12.9. The van der Waals surface area contributed by atoms with E-state index >= 15 is 0 Å². The van der Waals surface area contributed by atoms with Crippen molar-refractivity contribution < 1.29 is 9.47 Å². The zero-order chi connectivity index (χ0) is 20.0. The molecule has 29 heavy (non-hydrogen) atoms. The van der Waals surface area contributed by atoms with E-state index in [4.69, 9.17) is 14.6 Å². The quantitative estimate of drug-likeness (QED) is 0.491. The van der Waals surface area contributed by atoms with Crippen molar-refractivity contribution in [2.45, 2.75) is 25.6 Å². The normalized spacial score (nSPS) is 19.8. The lowest BCUT2D eigenvalue weighted by Crippen LogP contribution is -2.33.